The third kappa shape index (κ3) is 5.94. The number of hydrogen-bond donors (Lipinski definition) is 2. The van der Waals surface area contributed by atoms with Crippen LogP contribution in [0.3, 0.4) is 0 Å². The lowest BCUT2D eigenvalue weighted by Crippen LogP contribution is -2.48. The van der Waals surface area contributed by atoms with E-state index < -0.39 is 5.97 Å². The summed E-state index contributed by atoms with van der Waals surface area (Å²) < 4.78 is 0. The molecule has 5 heteroatoms. The van der Waals surface area contributed by atoms with Crippen LogP contribution in [0.15, 0.2) is 0 Å². The van der Waals surface area contributed by atoms with E-state index in [0.717, 1.165) is 0 Å². The van der Waals surface area contributed by atoms with Crippen LogP contribution in [0.1, 0.15) is 48.0 Å². The Kier molecular flexibility index (Phi) is 6.87. The van der Waals surface area contributed by atoms with Gasteiger partial charge in [-0.1, -0.05) is 27.7 Å². The molecule has 0 aromatic carbocycles. The Morgan fingerprint density at radius 3 is 2.16 bits per heavy atom. The normalized spacial score (nSPS) is 13.2. The van der Waals surface area contributed by atoms with E-state index in [1.54, 1.807) is 11.8 Å². The summed E-state index contributed by atoms with van der Waals surface area (Å²) >= 11 is 0. The molecule has 0 saturated heterocycles. The van der Waals surface area contributed by atoms with Crippen LogP contribution in [0, 0.1) is 11.3 Å². The number of amides is 2. The van der Waals surface area contributed by atoms with Crippen LogP contribution in [0.25, 0.3) is 0 Å². The molecule has 0 bridgehead atoms. The Bertz CT molecular complexity index is 314. The summed E-state index contributed by atoms with van der Waals surface area (Å²) in [6.07, 6.45) is -0.0329. The maximum Gasteiger partial charge on any atom is 0.317 e. The Morgan fingerprint density at radius 1 is 1.26 bits per heavy atom. The molecule has 0 spiro atoms. The summed E-state index contributed by atoms with van der Waals surface area (Å²) in [6.45, 7) is 13.1. The van der Waals surface area contributed by atoms with Gasteiger partial charge in [0.1, 0.15) is 0 Å². The van der Waals surface area contributed by atoms with Crippen LogP contribution in [0.4, 0.5) is 4.79 Å². The molecule has 0 rings (SSSR count). The van der Waals surface area contributed by atoms with E-state index in [-0.39, 0.29) is 23.9 Å². The van der Waals surface area contributed by atoms with Crippen LogP contribution in [-0.4, -0.2) is 41.1 Å². The molecule has 2 amide bonds. The number of carboxylic acid groups (broad SMARTS) is 1. The molecule has 5 nitrogen and oxygen atoms in total. The van der Waals surface area contributed by atoms with Crippen molar-refractivity contribution in [2.24, 2.45) is 11.3 Å². The van der Waals surface area contributed by atoms with Crippen molar-refractivity contribution in [2.75, 3.05) is 13.1 Å². The second-order valence-electron chi connectivity index (χ2n) is 6.03. The van der Waals surface area contributed by atoms with Crippen LogP contribution < -0.4 is 5.32 Å². The fourth-order valence-electron chi connectivity index (χ4n) is 1.63. The first-order valence-electron chi connectivity index (χ1n) is 6.88. The molecule has 19 heavy (non-hydrogen) atoms. The van der Waals surface area contributed by atoms with E-state index in [4.69, 9.17) is 5.11 Å². The highest BCUT2D eigenvalue weighted by molar-refractivity contribution is 5.75. The van der Waals surface area contributed by atoms with Crippen molar-refractivity contribution in [3.8, 4) is 0 Å². The predicted octanol–water partition coefficient (Wildman–Crippen LogP) is 2.56. The summed E-state index contributed by atoms with van der Waals surface area (Å²) in [5.41, 5.74) is 0.0190. The van der Waals surface area contributed by atoms with Gasteiger partial charge in [0.15, 0.2) is 0 Å². The molecular formula is C14H28N2O3. The average Bonchev–Trinajstić information content (AvgIpc) is 2.26. The van der Waals surface area contributed by atoms with Gasteiger partial charge in [-0.3, -0.25) is 4.79 Å². The minimum atomic E-state index is -0.888. The minimum Gasteiger partial charge on any atom is -0.481 e. The predicted molar refractivity (Wildman–Crippen MR) is 76.1 cm³/mol. The molecule has 0 aromatic rings. The standard InChI is InChI=1S/C14H28N2O3/c1-7-16(11(4)8-12(17)18)13(19)15-9-14(5,6)10(2)3/h10-11H,7-9H2,1-6H3,(H,15,19)(H,17,18). The summed E-state index contributed by atoms with van der Waals surface area (Å²) in [6, 6.07) is -0.491. The lowest BCUT2D eigenvalue weighted by Gasteiger charge is -2.32. The molecule has 112 valence electrons. The summed E-state index contributed by atoms with van der Waals surface area (Å²) in [4.78, 5) is 24.3. The van der Waals surface area contributed by atoms with Gasteiger partial charge in [0.05, 0.1) is 6.42 Å². The summed E-state index contributed by atoms with van der Waals surface area (Å²) in [5.74, 6) is -0.430. The average molecular weight is 272 g/mol. The zero-order chi connectivity index (χ0) is 15.2. The van der Waals surface area contributed by atoms with E-state index in [2.05, 4.69) is 33.0 Å². The van der Waals surface area contributed by atoms with Crippen LogP contribution in [0.2, 0.25) is 0 Å². The Hall–Kier alpha value is -1.26. The number of hydrogen-bond acceptors (Lipinski definition) is 2. The van der Waals surface area contributed by atoms with Gasteiger partial charge < -0.3 is 15.3 Å². The third-order valence-corrected chi connectivity index (χ3v) is 3.86. The molecule has 0 radical (unpaired) electrons. The van der Waals surface area contributed by atoms with E-state index in [9.17, 15) is 9.59 Å². The maximum atomic E-state index is 12.1. The number of urea groups is 1. The highest BCUT2D eigenvalue weighted by atomic mass is 16.4. The van der Waals surface area contributed by atoms with E-state index in [1.807, 2.05) is 6.92 Å². The van der Waals surface area contributed by atoms with E-state index in [1.165, 1.54) is 0 Å². The number of aliphatic carboxylic acids is 1. The van der Waals surface area contributed by atoms with Gasteiger partial charge in [0, 0.05) is 19.1 Å². The van der Waals surface area contributed by atoms with Gasteiger partial charge >= 0.3 is 12.0 Å². The first-order chi connectivity index (χ1) is 8.61. The fourth-order valence-corrected chi connectivity index (χ4v) is 1.63. The number of nitrogens with one attached hydrogen (secondary N) is 1. The molecular weight excluding hydrogens is 244 g/mol. The highest BCUT2D eigenvalue weighted by Crippen LogP contribution is 2.24. The second-order valence-corrected chi connectivity index (χ2v) is 6.03. The number of carboxylic acids is 1. The van der Waals surface area contributed by atoms with Crippen LogP contribution in [-0.2, 0) is 4.79 Å². The van der Waals surface area contributed by atoms with Gasteiger partial charge in [-0.05, 0) is 25.2 Å². The van der Waals surface area contributed by atoms with Crippen molar-refractivity contribution >= 4 is 12.0 Å². The van der Waals surface area contributed by atoms with Crippen molar-refractivity contribution in [3.63, 3.8) is 0 Å². The van der Waals surface area contributed by atoms with Crippen molar-refractivity contribution < 1.29 is 14.7 Å². The summed E-state index contributed by atoms with van der Waals surface area (Å²) in [5, 5.41) is 11.7. The van der Waals surface area contributed by atoms with Gasteiger partial charge in [0.2, 0.25) is 0 Å². The minimum absolute atomic E-state index is 0.0190. The molecule has 1 atom stereocenters. The highest BCUT2D eigenvalue weighted by Gasteiger charge is 2.25. The lowest BCUT2D eigenvalue weighted by atomic mass is 9.81. The number of carbonyl (C=O) groups excluding carboxylic acids is 1. The van der Waals surface area contributed by atoms with Gasteiger partial charge in [-0.2, -0.15) is 0 Å². The van der Waals surface area contributed by atoms with Gasteiger partial charge in [-0.15, -0.1) is 0 Å². The van der Waals surface area contributed by atoms with E-state index in [0.29, 0.717) is 19.0 Å². The first kappa shape index (κ1) is 17.7. The fraction of sp³-hybridized carbons (Fsp3) is 0.857. The lowest BCUT2D eigenvalue weighted by molar-refractivity contribution is -0.138. The zero-order valence-corrected chi connectivity index (χ0v) is 13.0. The Labute approximate surface area is 116 Å². The quantitative estimate of drug-likeness (QED) is 0.748. The van der Waals surface area contributed by atoms with E-state index >= 15 is 0 Å². The molecule has 0 fully saturated rings. The molecule has 0 aliphatic carbocycles. The monoisotopic (exact) mass is 272 g/mol. The van der Waals surface area contributed by atoms with Crippen molar-refractivity contribution in [3.05, 3.63) is 0 Å². The van der Waals surface area contributed by atoms with Gasteiger partial charge in [-0.25, -0.2) is 4.79 Å². The second kappa shape index (κ2) is 7.36. The first-order valence-corrected chi connectivity index (χ1v) is 6.88. The number of nitrogens with zero attached hydrogens (tertiary/aromatic N) is 1. The zero-order valence-electron chi connectivity index (χ0n) is 13.0. The van der Waals surface area contributed by atoms with Crippen molar-refractivity contribution in [1.29, 1.82) is 0 Å². The van der Waals surface area contributed by atoms with Crippen LogP contribution in [0.5, 0.6) is 0 Å². The molecule has 0 aliphatic heterocycles. The molecule has 0 aromatic heterocycles. The Morgan fingerprint density at radius 2 is 1.79 bits per heavy atom. The molecule has 0 heterocycles. The van der Waals surface area contributed by atoms with Crippen molar-refractivity contribution in [1.82, 2.24) is 10.2 Å². The topological polar surface area (TPSA) is 69.6 Å². The maximum absolute atomic E-state index is 12.1. The smallest absolute Gasteiger partial charge is 0.317 e. The summed E-state index contributed by atoms with van der Waals surface area (Å²) in [7, 11) is 0. The largest absolute Gasteiger partial charge is 0.481 e. The number of carbonyl (C=O) groups is 2. The SMILES string of the molecule is CCN(C(=O)NCC(C)(C)C(C)C)C(C)CC(=O)O. The molecule has 0 saturated carbocycles. The molecule has 1 unspecified atom stereocenters. The van der Waals surface area contributed by atoms with Gasteiger partial charge in [0.25, 0.3) is 0 Å². The molecule has 0 aliphatic rings. The molecule has 2 N–H and O–H groups in total. The van der Waals surface area contributed by atoms with Crippen molar-refractivity contribution in [2.45, 2.75) is 54.0 Å². The number of rotatable bonds is 7. The third-order valence-electron chi connectivity index (χ3n) is 3.86. The Balaban J connectivity index is 4.49. The van der Waals surface area contributed by atoms with Crippen LogP contribution >= 0.6 is 0 Å².